The fraction of sp³-hybridized carbons (Fsp3) is 0.417. The number of amides is 1. The first kappa shape index (κ1) is 12.8. The Hall–Kier alpha value is -1.69. The standard InChI is InChI=1S/C12H13F2NO3/c13-12(14,7-16)6-15-11(17)10-5-8-3-1-2-4-9(8)18-10/h1-4,10,16H,5-7H2,(H,15,17). The maximum Gasteiger partial charge on any atom is 0.287 e. The third-order valence-electron chi connectivity index (χ3n) is 2.69. The van der Waals surface area contributed by atoms with Gasteiger partial charge in [0.25, 0.3) is 11.8 Å². The number of rotatable bonds is 4. The molecule has 1 amide bonds. The summed E-state index contributed by atoms with van der Waals surface area (Å²) < 4.78 is 30.9. The van der Waals surface area contributed by atoms with Crippen molar-refractivity contribution in [3.8, 4) is 5.75 Å². The van der Waals surface area contributed by atoms with Crippen LogP contribution in [0, 0.1) is 0 Å². The van der Waals surface area contributed by atoms with Gasteiger partial charge in [-0.15, -0.1) is 0 Å². The lowest BCUT2D eigenvalue weighted by Gasteiger charge is -2.16. The van der Waals surface area contributed by atoms with Crippen molar-refractivity contribution in [3.05, 3.63) is 29.8 Å². The monoisotopic (exact) mass is 257 g/mol. The summed E-state index contributed by atoms with van der Waals surface area (Å²) in [7, 11) is 0. The Morgan fingerprint density at radius 2 is 2.22 bits per heavy atom. The van der Waals surface area contributed by atoms with Crippen molar-refractivity contribution in [3.63, 3.8) is 0 Å². The van der Waals surface area contributed by atoms with Crippen LogP contribution in [0.4, 0.5) is 8.78 Å². The molecule has 18 heavy (non-hydrogen) atoms. The number of aliphatic hydroxyl groups excluding tert-OH is 1. The zero-order valence-corrected chi connectivity index (χ0v) is 9.53. The average Bonchev–Trinajstić information content (AvgIpc) is 2.80. The molecule has 0 saturated carbocycles. The van der Waals surface area contributed by atoms with Gasteiger partial charge in [0.05, 0.1) is 6.54 Å². The summed E-state index contributed by atoms with van der Waals surface area (Å²) in [4.78, 5) is 11.6. The lowest BCUT2D eigenvalue weighted by atomic mass is 10.1. The Bertz CT molecular complexity index is 426. The van der Waals surface area contributed by atoms with Crippen LogP contribution < -0.4 is 10.1 Å². The topological polar surface area (TPSA) is 58.6 Å². The Morgan fingerprint density at radius 3 is 2.89 bits per heavy atom. The largest absolute Gasteiger partial charge is 0.480 e. The second-order valence-corrected chi connectivity index (χ2v) is 4.15. The summed E-state index contributed by atoms with van der Waals surface area (Å²) in [5, 5.41) is 10.5. The van der Waals surface area contributed by atoms with E-state index >= 15 is 0 Å². The molecule has 4 nitrogen and oxygen atoms in total. The molecule has 1 aliphatic heterocycles. The number of hydrogen-bond acceptors (Lipinski definition) is 3. The minimum Gasteiger partial charge on any atom is -0.480 e. The zero-order chi connectivity index (χ0) is 13.2. The van der Waals surface area contributed by atoms with Crippen LogP contribution in [0.3, 0.4) is 0 Å². The molecule has 0 spiro atoms. The number of ether oxygens (including phenoxy) is 1. The van der Waals surface area contributed by atoms with Crippen LogP contribution in [0.15, 0.2) is 24.3 Å². The number of carbonyl (C=O) groups is 1. The minimum atomic E-state index is -3.30. The van der Waals surface area contributed by atoms with Crippen LogP contribution in [0.1, 0.15) is 5.56 Å². The first-order chi connectivity index (χ1) is 8.52. The van der Waals surface area contributed by atoms with Crippen molar-refractivity contribution >= 4 is 5.91 Å². The minimum absolute atomic E-state index is 0.368. The first-order valence-corrected chi connectivity index (χ1v) is 5.53. The highest BCUT2D eigenvalue weighted by Crippen LogP contribution is 2.28. The first-order valence-electron chi connectivity index (χ1n) is 5.53. The van der Waals surface area contributed by atoms with Crippen molar-refractivity contribution in [1.82, 2.24) is 5.32 Å². The quantitative estimate of drug-likeness (QED) is 0.836. The molecule has 0 saturated heterocycles. The molecule has 0 fully saturated rings. The highest BCUT2D eigenvalue weighted by Gasteiger charge is 2.32. The van der Waals surface area contributed by atoms with E-state index in [9.17, 15) is 13.6 Å². The molecule has 1 atom stereocenters. The Labute approximate surface area is 103 Å². The van der Waals surface area contributed by atoms with Gasteiger partial charge in [-0.05, 0) is 11.6 Å². The van der Waals surface area contributed by atoms with E-state index in [-0.39, 0.29) is 0 Å². The molecule has 0 aliphatic carbocycles. The average molecular weight is 257 g/mol. The third kappa shape index (κ3) is 2.76. The van der Waals surface area contributed by atoms with E-state index in [1.54, 1.807) is 12.1 Å². The Kier molecular flexibility index (Phi) is 3.47. The molecule has 0 aromatic heterocycles. The van der Waals surface area contributed by atoms with Crippen LogP contribution >= 0.6 is 0 Å². The van der Waals surface area contributed by atoms with Crippen LogP contribution in [0.5, 0.6) is 5.75 Å². The summed E-state index contributed by atoms with van der Waals surface area (Å²) in [5.74, 6) is -3.30. The molecule has 1 unspecified atom stereocenters. The number of aliphatic hydroxyl groups is 1. The summed E-state index contributed by atoms with van der Waals surface area (Å²) in [6.45, 7) is -2.18. The molecule has 0 bridgehead atoms. The molecule has 1 aromatic carbocycles. The van der Waals surface area contributed by atoms with E-state index in [0.717, 1.165) is 5.56 Å². The normalized spacial score (nSPS) is 18.1. The molecule has 1 aliphatic rings. The highest BCUT2D eigenvalue weighted by molar-refractivity contribution is 5.82. The van der Waals surface area contributed by atoms with Crippen molar-refractivity contribution in [2.75, 3.05) is 13.2 Å². The molecule has 6 heteroatoms. The number of para-hydroxylation sites is 1. The van der Waals surface area contributed by atoms with Crippen LogP contribution in [-0.2, 0) is 11.2 Å². The summed E-state index contributed by atoms with van der Waals surface area (Å²) in [6, 6.07) is 7.15. The van der Waals surface area contributed by atoms with Crippen LogP contribution in [0.25, 0.3) is 0 Å². The number of halogens is 2. The van der Waals surface area contributed by atoms with Gasteiger partial charge in [0, 0.05) is 6.42 Å². The third-order valence-corrected chi connectivity index (χ3v) is 2.69. The molecule has 1 heterocycles. The molecule has 98 valence electrons. The van der Waals surface area contributed by atoms with E-state index in [2.05, 4.69) is 5.32 Å². The van der Waals surface area contributed by atoms with Crippen molar-refractivity contribution in [2.45, 2.75) is 18.4 Å². The van der Waals surface area contributed by atoms with Gasteiger partial charge in [-0.1, -0.05) is 18.2 Å². The molecular formula is C12H13F2NO3. The van der Waals surface area contributed by atoms with Gasteiger partial charge in [0.1, 0.15) is 12.4 Å². The second kappa shape index (κ2) is 4.89. The molecular weight excluding hydrogens is 244 g/mol. The molecule has 0 radical (unpaired) electrons. The second-order valence-electron chi connectivity index (χ2n) is 4.15. The van der Waals surface area contributed by atoms with Gasteiger partial charge < -0.3 is 15.2 Å². The lowest BCUT2D eigenvalue weighted by Crippen LogP contribution is -2.44. The van der Waals surface area contributed by atoms with Gasteiger partial charge in [0.15, 0.2) is 6.10 Å². The maximum atomic E-state index is 12.8. The van der Waals surface area contributed by atoms with Crippen LogP contribution in [0.2, 0.25) is 0 Å². The fourth-order valence-electron chi connectivity index (χ4n) is 1.71. The van der Waals surface area contributed by atoms with Crippen molar-refractivity contribution in [1.29, 1.82) is 0 Å². The van der Waals surface area contributed by atoms with Gasteiger partial charge in [-0.25, -0.2) is 8.78 Å². The van der Waals surface area contributed by atoms with E-state index in [4.69, 9.17) is 9.84 Å². The summed E-state index contributed by atoms with van der Waals surface area (Å²) in [5.41, 5.74) is 0.881. The maximum absolute atomic E-state index is 12.8. The van der Waals surface area contributed by atoms with Crippen molar-refractivity contribution in [2.24, 2.45) is 0 Å². The molecule has 2 rings (SSSR count). The van der Waals surface area contributed by atoms with Gasteiger partial charge in [-0.3, -0.25) is 4.79 Å². The predicted molar refractivity (Wildman–Crippen MR) is 59.6 cm³/mol. The fourth-order valence-corrected chi connectivity index (χ4v) is 1.71. The SMILES string of the molecule is O=C(NCC(F)(F)CO)C1Cc2ccccc2O1. The number of fused-ring (bicyclic) bond motifs is 1. The molecule has 1 aromatic rings. The number of carbonyl (C=O) groups excluding carboxylic acids is 1. The van der Waals surface area contributed by atoms with Gasteiger partial charge >= 0.3 is 0 Å². The summed E-state index contributed by atoms with van der Waals surface area (Å²) >= 11 is 0. The van der Waals surface area contributed by atoms with Gasteiger partial charge in [-0.2, -0.15) is 0 Å². The molecule has 2 N–H and O–H groups in total. The van der Waals surface area contributed by atoms with E-state index < -0.39 is 31.1 Å². The van der Waals surface area contributed by atoms with Gasteiger partial charge in [0.2, 0.25) is 0 Å². The van der Waals surface area contributed by atoms with E-state index in [1.807, 2.05) is 12.1 Å². The smallest absolute Gasteiger partial charge is 0.287 e. The Morgan fingerprint density at radius 1 is 1.50 bits per heavy atom. The van der Waals surface area contributed by atoms with E-state index in [0.29, 0.717) is 12.2 Å². The zero-order valence-electron chi connectivity index (χ0n) is 9.53. The lowest BCUT2D eigenvalue weighted by molar-refractivity contribution is -0.130. The number of nitrogens with one attached hydrogen (secondary N) is 1. The van der Waals surface area contributed by atoms with Crippen LogP contribution in [-0.4, -0.2) is 36.2 Å². The Balaban J connectivity index is 1.90. The number of benzene rings is 1. The number of hydrogen-bond donors (Lipinski definition) is 2. The number of alkyl halides is 2. The van der Waals surface area contributed by atoms with E-state index in [1.165, 1.54) is 0 Å². The van der Waals surface area contributed by atoms with Crippen molar-refractivity contribution < 1.29 is 23.4 Å². The summed E-state index contributed by atoms with van der Waals surface area (Å²) in [6.07, 6.45) is -0.413. The predicted octanol–water partition coefficient (Wildman–Crippen LogP) is 0.734. The highest BCUT2D eigenvalue weighted by atomic mass is 19.3.